The molecule has 0 aromatic heterocycles. The normalized spacial score (nSPS) is 11.4. The first-order chi connectivity index (χ1) is 14.6. The first-order valence-electron chi connectivity index (χ1n) is 9.80. The van der Waals surface area contributed by atoms with Crippen LogP contribution in [0.4, 0.5) is 0 Å². The number of fused-ring (bicyclic) bond motifs is 2. The molecule has 0 aliphatic heterocycles. The van der Waals surface area contributed by atoms with Crippen molar-refractivity contribution in [2.45, 2.75) is 5.92 Å². The summed E-state index contributed by atoms with van der Waals surface area (Å²) in [5.41, 5.74) is 2.57. The van der Waals surface area contributed by atoms with Crippen molar-refractivity contribution in [3.8, 4) is 11.5 Å². The van der Waals surface area contributed by atoms with Gasteiger partial charge in [-0.15, -0.1) is 0 Å². The smallest absolute Gasteiger partial charge is 0.120 e. The molecule has 0 fully saturated rings. The van der Waals surface area contributed by atoms with Crippen LogP contribution in [0.2, 0.25) is 0 Å². The van der Waals surface area contributed by atoms with Gasteiger partial charge in [0, 0.05) is 21.5 Å². The molecule has 5 aromatic carbocycles. The Morgan fingerprint density at radius 3 is 1.63 bits per heavy atom. The van der Waals surface area contributed by atoms with Gasteiger partial charge in [0.1, 0.15) is 11.5 Å². The van der Waals surface area contributed by atoms with Crippen molar-refractivity contribution in [3.63, 3.8) is 0 Å². The lowest BCUT2D eigenvalue weighted by atomic mass is 9.80. The zero-order valence-electron chi connectivity index (χ0n) is 16.1. The number of aromatic hydroxyl groups is 2. The molecule has 0 radical (unpaired) electrons. The molecule has 0 saturated heterocycles. The minimum atomic E-state index is -0.348. The third-order valence-corrected chi connectivity index (χ3v) is 6.15. The summed E-state index contributed by atoms with van der Waals surface area (Å²) in [7, 11) is 0. The van der Waals surface area contributed by atoms with E-state index in [2.05, 4.69) is 15.9 Å². The third-order valence-electron chi connectivity index (χ3n) is 5.65. The molecule has 0 atom stereocenters. The van der Waals surface area contributed by atoms with E-state index in [1.807, 2.05) is 84.9 Å². The lowest BCUT2D eigenvalue weighted by Crippen LogP contribution is -2.06. The van der Waals surface area contributed by atoms with Crippen molar-refractivity contribution < 1.29 is 10.2 Å². The third kappa shape index (κ3) is 3.12. The predicted octanol–water partition coefficient (Wildman–Crippen LogP) is 7.35. The Morgan fingerprint density at radius 1 is 0.567 bits per heavy atom. The molecule has 2 N–H and O–H groups in total. The summed E-state index contributed by atoms with van der Waals surface area (Å²) in [6, 6.07) is 31.5. The topological polar surface area (TPSA) is 40.5 Å². The molecule has 0 unspecified atom stereocenters. The highest BCUT2D eigenvalue weighted by molar-refractivity contribution is 9.10. The zero-order chi connectivity index (χ0) is 20.7. The van der Waals surface area contributed by atoms with Crippen LogP contribution in [-0.2, 0) is 0 Å². The second kappa shape index (κ2) is 7.51. The maximum atomic E-state index is 11.0. The SMILES string of the molecule is Oc1ccc2ccccc2c1C(c1cccc(Br)c1)c1c(O)ccc2ccccc12. The summed E-state index contributed by atoms with van der Waals surface area (Å²) < 4.78 is 0.949. The highest BCUT2D eigenvalue weighted by Crippen LogP contribution is 2.46. The van der Waals surface area contributed by atoms with Crippen LogP contribution in [0.1, 0.15) is 22.6 Å². The molecule has 30 heavy (non-hydrogen) atoms. The number of halogens is 1. The van der Waals surface area contributed by atoms with E-state index in [9.17, 15) is 10.2 Å². The molecule has 0 heterocycles. The van der Waals surface area contributed by atoms with Crippen molar-refractivity contribution in [2.75, 3.05) is 0 Å². The molecule has 0 aliphatic carbocycles. The van der Waals surface area contributed by atoms with E-state index in [4.69, 9.17) is 0 Å². The zero-order valence-corrected chi connectivity index (χ0v) is 17.7. The van der Waals surface area contributed by atoms with E-state index in [-0.39, 0.29) is 17.4 Å². The summed E-state index contributed by atoms with van der Waals surface area (Å²) in [5, 5.41) is 26.1. The van der Waals surface area contributed by atoms with Gasteiger partial charge in [-0.1, -0.05) is 88.7 Å². The van der Waals surface area contributed by atoms with Crippen molar-refractivity contribution in [2.24, 2.45) is 0 Å². The van der Waals surface area contributed by atoms with Gasteiger partial charge in [0.25, 0.3) is 0 Å². The Labute approximate surface area is 183 Å². The highest BCUT2D eigenvalue weighted by atomic mass is 79.9. The fraction of sp³-hybridized carbons (Fsp3) is 0.0370. The monoisotopic (exact) mass is 454 g/mol. The van der Waals surface area contributed by atoms with Crippen molar-refractivity contribution >= 4 is 37.5 Å². The number of hydrogen-bond donors (Lipinski definition) is 2. The van der Waals surface area contributed by atoms with Crippen LogP contribution in [0.25, 0.3) is 21.5 Å². The standard InChI is InChI=1S/C27H19BrO2/c28-20-9-5-8-19(16-20)25(26-21-10-3-1-6-17(21)12-14-23(26)29)27-22-11-4-2-7-18(22)13-15-24(27)30/h1-16,25,29-30H. The fourth-order valence-corrected chi connectivity index (χ4v) is 4.76. The van der Waals surface area contributed by atoms with Crippen LogP contribution in [-0.4, -0.2) is 10.2 Å². The van der Waals surface area contributed by atoms with Gasteiger partial charge in [0.2, 0.25) is 0 Å². The largest absolute Gasteiger partial charge is 0.508 e. The van der Waals surface area contributed by atoms with Gasteiger partial charge in [0.15, 0.2) is 0 Å². The Balaban J connectivity index is 1.93. The first kappa shape index (κ1) is 18.7. The van der Waals surface area contributed by atoms with Crippen LogP contribution in [0, 0.1) is 0 Å². The molecule has 2 nitrogen and oxygen atoms in total. The summed E-state index contributed by atoms with van der Waals surface area (Å²) in [4.78, 5) is 0. The average Bonchev–Trinajstić information content (AvgIpc) is 2.77. The molecule has 5 rings (SSSR count). The number of hydrogen-bond acceptors (Lipinski definition) is 2. The van der Waals surface area contributed by atoms with Crippen molar-refractivity contribution in [3.05, 3.63) is 118 Å². The average molecular weight is 455 g/mol. The number of phenols is 2. The molecule has 5 aromatic rings. The molecule has 0 bridgehead atoms. The van der Waals surface area contributed by atoms with Gasteiger partial charge < -0.3 is 10.2 Å². The van der Waals surface area contributed by atoms with Crippen LogP contribution in [0.15, 0.2) is 102 Å². The summed E-state index contributed by atoms with van der Waals surface area (Å²) >= 11 is 3.59. The van der Waals surface area contributed by atoms with E-state index in [0.29, 0.717) is 0 Å². The molecule has 0 aliphatic rings. The molecular formula is C27H19BrO2. The van der Waals surface area contributed by atoms with Gasteiger partial charge in [-0.05, 0) is 51.4 Å². The van der Waals surface area contributed by atoms with E-state index >= 15 is 0 Å². The number of phenolic OH excluding ortho intramolecular Hbond substituents is 2. The maximum Gasteiger partial charge on any atom is 0.120 e. The minimum absolute atomic E-state index is 0.214. The fourth-order valence-electron chi connectivity index (χ4n) is 4.34. The van der Waals surface area contributed by atoms with Gasteiger partial charge in [-0.2, -0.15) is 0 Å². The van der Waals surface area contributed by atoms with Crippen molar-refractivity contribution in [1.82, 2.24) is 0 Å². The molecular weight excluding hydrogens is 436 g/mol. The highest BCUT2D eigenvalue weighted by Gasteiger charge is 2.27. The van der Waals surface area contributed by atoms with E-state index in [1.54, 1.807) is 12.1 Å². The number of rotatable bonds is 3. The van der Waals surface area contributed by atoms with E-state index < -0.39 is 0 Å². The Morgan fingerprint density at radius 2 is 1.10 bits per heavy atom. The summed E-state index contributed by atoms with van der Waals surface area (Å²) in [5.74, 6) is 0.0803. The maximum absolute atomic E-state index is 11.0. The molecule has 146 valence electrons. The molecule has 0 saturated carbocycles. The van der Waals surface area contributed by atoms with Crippen LogP contribution < -0.4 is 0 Å². The van der Waals surface area contributed by atoms with Crippen LogP contribution >= 0.6 is 15.9 Å². The lowest BCUT2D eigenvalue weighted by molar-refractivity contribution is 0.460. The van der Waals surface area contributed by atoms with Gasteiger partial charge >= 0.3 is 0 Å². The molecule has 0 amide bonds. The summed E-state index contributed by atoms with van der Waals surface area (Å²) in [6.45, 7) is 0. The van der Waals surface area contributed by atoms with Gasteiger partial charge in [-0.25, -0.2) is 0 Å². The molecule has 0 spiro atoms. The van der Waals surface area contributed by atoms with Crippen LogP contribution in [0.3, 0.4) is 0 Å². The van der Waals surface area contributed by atoms with E-state index in [1.165, 1.54) is 0 Å². The van der Waals surface area contributed by atoms with Gasteiger partial charge in [-0.3, -0.25) is 0 Å². The van der Waals surface area contributed by atoms with E-state index in [0.717, 1.165) is 42.7 Å². The number of benzene rings is 5. The Kier molecular flexibility index (Phi) is 4.68. The Hall–Kier alpha value is -3.30. The second-order valence-corrected chi connectivity index (χ2v) is 8.34. The first-order valence-corrected chi connectivity index (χ1v) is 10.6. The Bertz CT molecular complexity index is 1310. The summed E-state index contributed by atoms with van der Waals surface area (Å²) in [6.07, 6.45) is 0. The second-order valence-electron chi connectivity index (χ2n) is 7.43. The molecule has 3 heteroatoms. The minimum Gasteiger partial charge on any atom is -0.508 e. The quantitative estimate of drug-likeness (QED) is 0.279. The van der Waals surface area contributed by atoms with Crippen molar-refractivity contribution in [1.29, 1.82) is 0 Å². The van der Waals surface area contributed by atoms with Gasteiger partial charge in [0.05, 0.1) is 0 Å². The van der Waals surface area contributed by atoms with Crippen LogP contribution in [0.5, 0.6) is 11.5 Å². The predicted molar refractivity (Wildman–Crippen MR) is 126 cm³/mol. The lowest BCUT2D eigenvalue weighted by Gasteiger charge is -2.24.